The van der Waals surface area contributed by atoms with E-state index in [0.717, 1.165) is 14.6 Å². The highest BCUT2D eigenvalue weighted by Crippen LogP contribution is 2.31. The number of carbonyl (C=O) groups is 1. The molecule has 0 fully saturated rings. The number of methoxy groups -OCH3 is 1. The molecule has 0 bridgehead atoms. The molecule has 0 aliphatic heterocycles. The number of fused-ring (bicyclic) bond motifs is 1. The van der Waals surface area contributed by atoms with Crippen molar-refractivity contribution in [2.75, 3.05) is 31.6 Å². The summed E-state index contributed by atoms with van der Waals surface area (Å²) in [6.45, 7) is 4.61. The summed E-state index contributed by atoms with van der Waals surface area (Å²) in [6.07, 6.45) is 0. The topological polar surface area (TPSA) is 86.5 Å². The maximum atomic E-state index is 12.4. The maximum Gasteiger partial charge on any atom is 0.261 e. The molecule has 2 heterocycles. The molecule has 0 radical (unpaired) electrons. The Labute approximate surface area is 159 Å². The Morgan fingerprint density at radius 3 is 2.92 bits per heavy atom. The Morgan fingerprint density at radius 1 is 1.35 bits per heavy atom. The smallest absolute Gasteiger partial charge is 0.261 e. The fourth-order valence-corrected chi connectivity index (χ4v) is 4.19. The number of ether oxygens (including phenoxy) is 2. The number of amides is 1. The number of aryl methyl sites for hydroxylation is 2. The van der Waals surface area contributed by atoms with Crippen molar-refractivity contribution < 1.29 is 18.8 Å². The highest BCUT2D eigenvalue weighted by Gasteiger charge is 2.17. The van der Waals surface area contributed by atoms with Crippen LogP contribution in [0.3, 0.4) is 0 Å². The van der Waals surface area contributed by atoms with E-state index in [1.807, 2.05) is 18.2 Å². The number of thioether (sulfide) groups is 1. The van der Waals surface area contributed by atoms with E-state index in [1.165, 1.54) is 11.8 Å². The minimum Gasteiger partial charge on any atom is -0.382 e. The van der Waals surface area contributed by atoms with E-state index in [4.69, 9.17) is 14.0 Å². The van der Waals surface area contributed by atoms with Crippen LogP contribution in [0.5, 0.6) is 0 Å². The normalized spacial score (nSPS) is 11.2. The zero-order chi connectivity index (χ0) is 18.5. The molecule has 2 aromatic heterocycles. The van der Waals surface area contributed by atoms with Gasteiger partial charge in [0.1, 0.15) is 11.3 Å². The van der Waals surface area contributed by atoms with E-state index < -0.39 is 0 Å². The molecule has 1 N–H and O–H groups in total. The number of anilines is 1. The van der Waals surface area contributed by atoms with E-state index in [2.05, 4.69) is 15.5 Å². The van der Waals surface area contributed by atoms with Crippen molar-refractivity contribution in [3.05, 3.63) is 35.2 Å². The predicted octanol–water partition coefficient (Wildman–Crippen LogP) is 3.87. The van der Waals surface area contributed by atoms with E-state index in [-0.39, 0.29) is 5.91 Å². The van der Waals surface area contributed by atoms with Crippen molar-refractivity contribution in [2.24, 2.45) is 0 Å². The lowest BCUT2D eigenvalue weighted by Gasteiger charge is -2.04. The first-order valence-electron chi connectivity index (χ1n) is 7.92. The number of aromatic nitrogens is 2. The number of rotatable bonds is 8. The van der Waals surface area contributed by atoms with Crippen molar-refractivity contribution in [3.8, 4) is 0 Å². The van der Waals surface area contributed by atoms with Gasteiger partial charge in [0, 0.05) is 12.8 Å². The Balaban J connectivity index is 1.66. The third-order valence-corrected chi connectivity index (χ3v) is 5.62. The van der Waals surface area contributed by atoms with E-state index in [9.17, 15) is 4.79 Å². The quantitative estimate of drug-likeness (QED) is 0.353. The molecule has 1 amide bonds. The van der Waals surface area contributed by atoms with Crippen LogP contribution in [-0.4, -0.2) is 42.3 Å². The molecule has 3 aromatic rings. The molecule has 138 valence electrons. The number of benzene rings is 1. The SMILES string of the molecule is COCCOCSc1nc2ccc(NC(=O)c3c(C)noc3C)cc2s1. The first-order valence-corrected chi connectivity index (χ1v) is 9.73. The highest BCUT2D eigenvalue weighted by molar-refractivity contribution is 8.01. The Kier molecular flexibility index (Phi) is 6.25. The number of carbonyl (C=O) groups excluding carboxylic acids is 1. The molecule has 3 rings (SSSR count). The molecule has 9 heteroatoms. The van der Waals surface area contributed by atoms with Gasteiger partial charge < -0.3 is 19.3 Å². The van der Waals surface area contributed by atoms with Gasteiger partial charge in [-0.15, -0.1) is 11.3 Å². The second kappa shape index (κ2) is 8.63. The molecule has 0 saturated heterocycles. The molecule has 0 aliphatic rings. The van der Waals surface area contributed by atoms with Crippen LogP contribution in [0.4, 0.5) is 5.69 Å². The molecule has 0 saturated carbocycles. The largest absolute Gasteiger partial charge is 0.382 e. The Bertz CT molecular complexity index is 887. The lowest BCUT2D eigenvalue weighted by Crippen LogP contribution is -2.13. The predicted molar refractivity (Wildman–Crippen MR) is 102 cm³/mol. The van der Waals surface area contributed by atoms with Crippen LogP contribution in [0.25, 0.3) is 10.2 Å². The second-order valence-corrected chi connectivity index (χ2v) is 7.68. The second-order valence-electron chi connectivity index (χ2n) is 5.48. The van der Waals surface area contributed by atoms with Gasteiger partial charge in [0.25, 0.3) is 5.91 Å². The zero-order valence-corrected chi connectivity index (χ0v) is 16.3. The van der Waals surface area contributed by atoms with Gasteiger partial charge in [-0.05, 0) is 32.0 Å². The van der Waals surface area contributed by atoms with Gasteiger partial charge in [-0.25, -0.2) is 4.98 Å². The average molecular weight is 393 g/mol. The molecular formula is C17H19N3O4S2. The summed E-state index contributed by atoms with van der Waals surface area (Å²) in [6, 6.07) is 5.64. The van der Waals surface area contributed by atoms with E-state index in [1.54, 1.807) is 32.3 Å². The van der Waals surface area contributed by atoms with Gasteiger partial charge in [0.2, 0.25) is 0 Å². The number of nitrogens with one attached hydrogen (secondary N) is 1. The summed E-state index contributed by atoms with van der Waals surface area (Å²) in [7, 11) is 1.64. The van der Waals surface area contributed by atoms with Gasteiger partial charge in [-0.3, -0.25) is 4.79 Å². The van der Waals surface area contributed by atoms with Crippen molar-refractivity contribution in [3.63, 3.8) is 0 Å². The van der Waals surface area contributed by atoms with Crippen molar-refractivity contribution in [1.29, 1.82) is 0 Å². The van der Waals surface area contributed by atoms with Crippen molar-refractivity contribution >= 4 is 44.9 Å². The zero-order valence-electron chi connectivity index (χ0n) is 14.7. The Morgan fingerprint density at radius 2 is 2.19 bits per heavy atom. The molecule has 1 aromatic carbocycles. The van der Waals surface area contributed by atoms with Gasteiger partial charge in [-0.1, -0.05) is 16.9 Å². The third kappa shape index (κ3) is 4.42. The van der Waals surface area contributed by atoms with Crippen LogP contribution in [-0.2, 0) is 9.47 Å². The monoisotopic (exact) mass is 393 g/mol. The lowest BCUT2D eigenvalue weighted by atomic mass is 10.2. The highest BCUT2D eigenvalue weighted by atomic mass is 32.2. The van der Waals surface area contributed by atoms with Crippen molar-refractivity contribution in [1.82, 2.24) is 10.1 Å². The summed E-state index contributed by atoms with van der Waals surface area (Å²) in [4.78, 5) is 17.0. The number of hydrogen-bond donors (Lipinski definition) is 1. The summed E-state index contributed by atoms with van der Waals surface area (Å²) >= 11 is 3.10. The van der Waals surface area contributed by atoms with E-state index >= 15 is 0 Å². The maximum absolute atomic E-state index is 12.4. The lowest BCUT2D eigenvalue weighted by molar-refractivity contribution is 0.0953. The van der Waals surface area contributed by atoms with Crippen LogP contribution in [0.15, 0.2) is 27.1 Å². The first-order chi connectivity index (χ1) is 12.6. The van der Waals surface area contributed by atoms with Crippen molar-refractivity contribution in [2.45, 2.75) is 18.2 Å². The van der Waals surface area contributed by atoms with Gasteiger partial charge in [0.15, 0.2) is 4.34 Å². The molecule has 7 nitrogen and oxygen atoms in total. The summed E-state index contributed by atoms with van der Waals surface area (Å²) in [5.74, 6) is 0.802. The van der Waals surface area contributed by atoms with Crippen LogP contribution in [0, 0.1) is 13.8 Å². The number of hydrogen-bond acceptors (Lipinski definition) is 8. The molecule has 0 aliphatic carbocycles. The average Bonchev–Trinajstić information content (AvgIpc) is 3.16. The number of thiazole rings is 1. The van der Waals surface area contributed by atoms with Crippen LogP contribution in [0.2, 0.25) is 0 Å². The summed E-state index contributed by atoms with van der Waals surface area (Å²) in [5.41, 5.74) is 2.65. The fraction of sp³-hybridized carbons (Fsp3) is 0.353. The minimum atomic E-state index is -0.230. The van der Waals surface area contributed by atoms with Crippen LogP contribution < -0.4 is 5.32 Å². The molecule has 26 heavy (non-hydrogen) atoms. The molecule has 0 unspecified atom stereocenters. The third-order valence-electron chi connectivity index (χ3n) is 3.58. The molecule has 0 atom stereocenters. The minimum absolute atomic E-state index is 0.230. The van der Waals surface area contributed by atoms with Gasteiger partial charge in [0.05, 0.1) is 35.1 Å². The molecule has 0 spiro atoms. The van der Waals surface area contributed by atoms with Gasteiger partial charge >= 0.3 is 0 Å². The fourth-order valence-electron chi connectivity index (χ4n) is 2.34. The van der Waals surface area contributed by atoms with E-state index in [0.29, 0.717) is 41.9 Å². The summed E-state index contributed by atoms with van der Waals surface area (Å²) < 4.78 is 17.4. The summed E-state index contributed by atoms with van der Waals surface area (Å²) in [5, 5.41) is 6.70. The molecular weight excluding hydrogens is 374 g/mol. The van der Waals surface area contributed by atoms with Crippen LogP contribution >= 0.6 is 23.1 Å². The van der Waals surface area contributed by atoms with Crippen LogP contribution in [0.1, 0.15) is 21.8 Å². The standard InChI is InChI=1S/C17H19N3O4S2/c1-10-15(11(2)24-20-10)16(21)18-12-4-5-13-14(8-12)26-17(19-13)25-9-23-7-6-22-3/h4-5,8H,6-7,9H2,1-3H3,(H,18,21). The van der Waals surface area contributed by atoms with Gasteiger partial charge in [-0.2, -0.15) is 0 Å². The Hall–Kier alpha value is -1.94. The first kappa shape index (κ1) is 18.8. The number of nitrogens with zero attached hydrogens (tertiary/aromatic N) is 2.